The lowest BCUT2D eigenvalue weighted by Gasteiger charge is -2.29. The van der Waals surface area contributed by atoms with Crippen LogP contribution in [-0.4, -0.2) is 32.3 Å². The molecule has 0 aliphatic carbocycles. The number of rotatable bonds is 6. The Hall–Kier alpha value is -1.06. The number of anilines is 1. The van der Waals surface area contributed by atoms with Crippen molar-refractivity contribution in [3.63, 3.8) is 0 Å². The highest BCUT2D eigenvalue weighted by atomic mass is 16.5. The Kier molecular flexibility index (Phi) is 5.44. The second-order valence-electron chi connectivity index (χ2n) is 5.65. The van der Waals surface area contributed by atoms with Gasteiger partial charge in [-0.3, -0.25) is 0 Å². The van der Waals surface area contributed by atoms with Crippen LogP contribution in [0, 0.1) is 0 Å². The zero-order chi connectivity index (χ0) is 14.5. The van der Waals surface area contributed by atoms with E-state index in [9.17, 15) is 0 Å². The van der Waals surface area contributed by atoms with Crippen molar-refractivity contribution >= 4 is 5.69 Å². The summed E-state index contributed by atoms with van der Waals surface area (Å²) in [5.74, 6) is 0. The molecule has 1 N–H and O–H groups in total. The molecule has 2 rings (SSSR count). The van der Waals surface area contributed by atoms with Gasteiger partial charge in [0.05, 0.1) is 12.1 Å². The van der Waals surface area contributed by atoms with Crippen LogP contribution in [0.4, 0.5) is 5.69 Å². The third-order valence-electron chi connectivity index (χ3n) is 4.40. The van der Waals surface area contributed by atoms with Gasteiger partial charge >= 0.3 is 0 Å². The van der Waals surface area contributed by atoms with Crippen molar-refractivity contribution in [3.05, 3.63) is 29.8 Å². The van der Waals surface area contributed by atoms with Crippen LogP contribution in [0.2, 0.25) is 0 Å². The van der Waals surface area contributed by atoms with E-state index in [1.165, 1.54) is 11.3 Å². The Morgan fingerprint density at radius 3 is 2.50 bits per heavy atom. The molecule has 3 heteroatoms. The number of hydrogen-bond acceptors (Lipinski definition) is 3. The lowest BCUT2D eigenvalue weighted by atomic mass is 10.0. The van der Waals surface area contributed by atoms with Gasteiger partial charge in [-0.1, -0.05) is 26.0 Å². The summed E-state index contributed by atoms with van der Waals surface area (Å²) in [5, 5.41) is 3.53. The van der Waals surface area contributed by atoms with E-state index in [0.29, 0.717) is 18.2 Å². The summed E-state index contributed by atoms with van der Waals surface area (Å²) in [6, 6.07) is 9.94. The van der Waals surface area contributed by atoms with Gasteiger partial charge in [-0.25, -0.2) is 0 Å². The second kappa shape index (κ2) is 7.09. The lowest BCUT2D eigenvalue weighted by Crippen LogP contribution is -2.36. The highest BCUT2D eigenvalue weighted by Gasteiger charge is 2.28. The standard InChI is InChI=1S/C17H28N2O/c1-5-16(18-6-2)14-7-9-15(10-8-14)19(4)17-11-12-20-13(17)3/h7-10,13,16-18H,5-6,11-12H2,1-4H3. The number of hydrogen-bond donors (Lipinski definition) is 1. The fourth-order valence-corrected chi connectivity index (χ4v) is 3.11. The van der Waals surface area contributed by atoms with Crippen LogP contribution in [0.3, 0.4) is 0 Å². The van der Waals surface area contributed by atoms with Crippen LogP contribution in [-0.2, 0) is 4.74 Å². The first-order valence-electron chi connectivity index (χ1n) is 7.85. The van der Waals surface area contributed by atoms with Crippen molar-refractivity contribution in [2.75, 3.05) is 25.1 Å². The molecule has 1 aromatic rings. The van der Waals surface area contributed by atoms with Crippen molar-refractivity contribution in [2.45, 2.75) is 51.8 Å². The van der Waals surface area contributed by atoms with Crippen molar-refractivity contribution in [1.82, 2.24) is 5.32 Å². The van der Waals surface area contributed by atoms with Gasteiger partial charge in [0.2, 0.25) is 0 Å². The van der Waals surface area contributed by atoms with Crippen molar-refractivity contribution in [3.8, 4) is 0 Å². The molecule has 3 atom stereocenters. The topological polar surface area (TPSA) is 24.5 Å². The molecule has 1 aromatic carbocycles. The monoisotopic (exact) mass is 276 g/mol. The largest absolute Gasteiger partial charge is 0.376 e. The Labute approximate surface area is 123 Å². The molecule has 3 unspecified atom stereocenters. The molecule has 0 aromatic heterocycles. The molecular weight excluding hydrogens is 248 g/mol. The molecule has 0 bridgehead atoms. The molecule has 1 fully saturated rings. The van der Waals surface area contributed by atoms with Crippen molar-refractivity contribution in [2.24, 2.45) is 0 Å². The Morgan fingerprint density at radius 2 is 2.00 bits per heavy atom. The normalized spacial score (nSPS) is 23.8. The van der Waals surface area contributed by atoms with Crippen LogP contribution in [0.15, 0.2) is 24.3 Å². The van der Waals surface area contributed by atoms with E-state index < -0.39 is 0 Å². The smallest absolute Gasteiger partial charge is 0.0750 e. The van der Waals surface area contributed by atoms with E-state index in [1.807, 2.05) is 0 Å². The molecule has 0 saturated carbocycles. The quantitative estimate of drug-likeness (QED) is 0.862. The summed E-state index contributed by atoms with van der Waals surface area (Å²) in [6.07, 6.45) is 2.56. The molecule has 112 valence electrons. The van der Waals surface area contributed by atoms with E-state index >= 15 is 0 Å². The first-order valence-corrected chi connectivity index (χ1v) is 7.85. The zero-order valence-corrected chi connectivity index (χ0v) is 13.2. The third kappa shape index (κ3) is 3.33. The number of likely N-dealkylation sites (N-methyl/N-ethyl adjacent to an activating group) is 1. The molecule has 1 aliphatic rings. The summed E-state index contributed by atoms with van der Waals surface area (Å²) in [5.41, 5.74) is 2.66. The average molecular weight is 276 g/mol. The molecule has 20 heavy (non-hydrogen) atoms. The predicted molar refractivity (Wildman–Crippen MR) is 85.4 cm³/mol. The first-order chi connectivity index (χ1) is 9.67. The Bertz CT molecular complexity index is 404. The fourth-order valence-electron chi connectivity index (χ4n) is 3.11. The van der Waals surface area contributed by atoms with Gasteiger partial charge in [0, 0.05) is 25.4 Å². The summed E-state index contributed by atoms with van der Waals surface area (Å²) < 4.78 is 5.67. The molecule has 1 saturated heterocycles. The SMILES string of the molecule is CCNC(CC)c1ccc(N(C)C2CCOC2C)cc1. The zero-order valence-electron chi connectivity index (χ0n) is 13.2. The fraction of sp³-hybridized carbons (Fsp3) is 0.647. The van der Waals surface area contributed by atoms with E-state index in [4.69, 9.17) is 4.74 Å². The third-order valence-corrected chi connectivity index (χ3v) is 4.40. The average Bonchev–Trinajstić information content (AvgIpc) is 2.90. The minimum Gasteiger partial charge on any atom is -0.376 e. The second-order valence-corrected chi connectivity index (χ2v) is 5.65. The van der Waals surface area contributed by atoms with Crippen LogP contribution < -0.4 is 10.2 Å². The summed E-state index contributed by atoms with van der Waals surface area (Å²) >= 11 is 0. The van der Waals surface area contributed by atoms with Crippen LogP contribution in [0.25, 0.3) is 0 Å². The molecule has 1 heterocycles. The number of ether oxygens (including phenoxy) is 1. The Balaban J connectivity index is 2.07. The molecular formula is C17H28N2O. The molecule has 0 radical (unpaired) electrons. The van der Waals surface area contributed by atoms with Crippen LogP contribution in [0.1, 0.15) is 45.2 Å². The minimum atomic E-state index is 0.324. The number of nitrogens with one attached hydrogen (secondary N) is 1. The van der Waals surface area contributed by atoms with Gasteiger partial charge < -0.3 is 15.0 Å². The predicted octanol–water partition coefficient (Wildman–Crippen LogP) is 3.36. The number of nitrogens with zero attached hydrogens (tertiary/aromatic N) is 1. The van der Waals surface area contributed by atoms with Crippen LogP contribution in [0.5, 0.6) is 0 Å². The van der Waals surface area contributed by atoms with Crippen LogP contribution >= 0.6 is 0 Å². The van der Waals surface area contributed by atoms with Gasteiger partial charge in [-0.15, -0.1) is 0 Å². The summed E-state index contributed by atoms with van der Waals surface area (Å²) in [6.45, 7) is 8.45. The van der Waals surface area contributed by atoms with Gasteiger partial charge in [0.1, 0.15) is 0 Å². The van der Waals surface area contributed by atoms with E-state index in [-0.39, 0.29) is 0 Å². The highest BCUT2D eigenvalue weighted by molar-refractivity contribution is 5.48. The summed E-state index contributed by atoms with van der Waals surface area (Å²) in [7, 11) is 2.17. The summed E-state index contributed by atoms with van der Waals surface area (Å²) in [4.78, 5) is 2.36. The highest BCUT2D eigenvalue weighted by Crippen LogP contribution is 2.26. The van der Waals surface area contributed by atoms with Gasteiger partial charge in [0.15, 0.2) is 0 Å². The maximum atomic E-state index is 5.67. The molecule has 1 aliphatic heterocycles. The van der Waals surface area contributed by atoms with E-state index in [2.05, 4.69) is 62.3 Å². The Morgan fingerprint density at radius 1 is 1.30 bits per heavy atom. The van der Waals surface area contributed by atoms with Gasteiger partial charge in [-0.05, 0) is 44.0 Å². The van der Waals surface area contributed by atoms with Gasteiger partial charge in [0.25, 0.3) is 0 Å². The maximum absolute atomic E-state index is 5.67. The minimum absolute atomic E-state index is 0.324. The molecule has 3 nitrogen and oxygen atoms in total. The van der Waals surface area contributed by atoms with Crippen molar-refractivity contribution < 1.29 is 4.74 Å². The van der Waals surface area contributed by atoms with Crippen molar-refractivity contribution in [1.29, 1.82) is 0 Å². The van der Waals surface area contributed by atoms with Gasteiger partial charge in [-0.2, -0.15) is 0 Å². The lowest BCUT2D eigenvalue weighted by molar-refractivity contribution is 0.118. The molecule has 0 spiro atoms. The maximum Gasteiger partial charge on any atom is 0.0750 e. The van der Waals surface area contributed by atoms with E-state index in [1.54, 1.807) is 0 Å². The first kappa shape index (κ1) is 15.3. The number of benzene rings is 1. The molecule has 0 amide bonds. The van der Waals surface area contributed by atoms with E-state index in [0.717, 1.165) is 26.0 Å².